The molecule has 0 radical (unpaired) electrons. The maximum atomic E-state index is 14.2. The monoisotopic (exact) mass is 554 g/mol. The summed E-state index contributed by atoms with van der Waals surface area (Å²) in [5.74, 6) is -0.509. The highest BCUT2D eigenvalue weighted by Gasteiger charge is 2.36. The van der Waals surface area contributed by atoms with Gasteiger partial charge in [-0.3, -0.25) is 14.9 Å². The molecule has 4 aromatic rings. The zero-order valence-corrected chi connectivity index (χ0v) is 23.2. The molecule has 1 N–H and O–H groups in total. The molecular weight excluding hydrogens is 523 g/mol. The van der Waals surface area contributed by atoms with Crippen molar-refractivity contribution in [3.05, 3.63) is 106 Å². The molecule has 6 nitrogen and oxygen atoms in total. The first-order valence-electron chi connectivity index (χ1n) is 13.6. The average Bonchev–Trinajstić information content (AvgIpc) is 3.48. The number of benzene rings is 3. The van der Waals surface area contributed by atoms with Crippen LogP contribution in [0.4, 0.5) is 9.52 Å². The first-order valence-corrected chi connectivity index (χ1v) is 14.5. The van der Waals surface area contributed by atoms with E-state index in [1.807, 2.05) is 12.1 Å². The maximum absolute atomic E-state index is 14.2. The number of hydrogen-bond acceptors (Lipinski definition) is 5. The van der Waals surface area contributed by atoms with Crippen LogP contribution in [0.15, 0.2) is 78.3 Å². The van der Waals surface area contributed by atoms with Crippen molar-refractivity contribution >= 4 is 28.3 Å². The van der Waals surface area contributed by atoms with E-state index in [-0.39, 0.29) is 5.91 Å². The molecule has 0 bridgehead atoms. The lowest BCUT2D eigenvalue weighted by Crippen LogP contribution is -2.45. The van der Waals surface area contributed by atoms with Crippen LogP contribution < -0.4 is 5.32 Å². The molecule has 1 unspecified atom stereocenters. The minimum Gasteiger partial charge on any atom is -0.322 e. The number of amides is 2. The van der Waals surface area contributed by atoms with Gasteiger partial charge in [0, 0.05) is 23.7 Å². The van der Waals surface area contributed by atoms with Gasteiger partial charge in [-0.1, -0.05) is 48.5 Å². The number of anilines is 1. The number of hydrogen-bond donors (Lipinski definition) is 1. The highest BCUT2D eigenvalue weighted by Crippen LogP contribution is 2.33. The molecular formula is C32H31FN4O2S. The standard InChI is InChI=1S/C32H31FN4O2S/c1-36-15-11-23(12-16-36)21-5-7-22(8-6-21)24-9-10-28-25(19-24)13-17-37(31(28)39)29(26-3-2-4-27(33)20-26)30(38)35-32-34-14-18-40-32/h2-10,14,18-20,23,29H,11-13,15-17H2,1H3,(H,34,35,38). The molecule has 3 aromatic carbocycles. The van der Waals surface area contributed by atoms with Crippen molar-refractivity contribution in [2.45, 2.75) is 31.2 Å². The number of carbonyl (C=O) groups is 2. The van der Waals surface area contributed by atoms with Gasteiger partial charge in [0.1, 0.15) is 11.9 Å². The van der Waals surface area contributed by atoms with E-state index in [0.717, 1.165) is 29.8 Å². The summed E-state index contributed by atoms with van der Waals surface area (Å²) in [5.41, 5.74) is 5.53. The minimum absolute atomic E-state index is 0.242. The largest absolute Gasteiger partial charge is 0.322 e. The molecule has 0 spiro atoms. The van der Waals surface area contributed by atoms with Crippen molar-refractivity contribution in [2.75, 3.05) is 32.0 Å². The topological polar surface area (TPSA) is 65.5 Å². The normalized spacial score (nSPS) is 16.9. The molecule has 1 atom stereocenters. The number of nitrogens with one attached hydrogen (secondary N) is 1. The second-order valence-corrected chi connectivity index (χ2v) is 11.5. The van der Waals surface area contributed by atoms with Crippen LogP contribution in [-0.4, -0.2) is 53.3 Å². The predicted octanol–water partition coefficient (Wildman–Crippen LogP) is 6.14. The molecule has 8 heteroatoms. The van der Waals surface area contributed by atoms with E-state index in [1.54, 1.807) is 23.7 Å². The van der Waals surface area contributed by atoms with Crippen molar-refractivity contribution in [3.63, 3.8) is 0 Å². The summed E-state index contributed by atoms with van der Waals surface area (Å²) in [6.45, 7) is 2.61. The second-order valence-electron chi connectivity index (χ2n) is 10.6. The third kappa shape index (κ3) is 5.42. The van der Waals surface area contributed by atoms with Gasteiger partial charge in [0.25, 0.3) is 11.8 Å². The van der Waals surface area contributed by atoms with E-state index in [2.05, 4.69) is 52.6 Å². The van der Waals surface area contributed by atoms with Crippen LogP contribution >= 0.6 is 11.3 Å². The third-order valence-electron chi connectivity index (χ3n) is 8.04. The Morgan fingerprint density at radius 1 is 1.02 bits per heavy atom. The molecule has 0 saturated carbocycles. The molecule has 2 aliphatic heterocycles. The molecule has 40 heavy (non-hydrogen) atoms. The number of likely N-dealkylation sites (tertiary alicyclic amines) is 1. The Labute approximate surface area is 237 Å². The van der Waals surface area contributed by atoms with Gasteiger partial charge in [0.15, 0.2) is 5.13 Å². The maximum Gasteiger partial charge on any atom is 0.255 e. The van der Waals surface area contributed by atoms with Crippen LogP contribution in [0.2, 0.25) is 0 Å². The summed E-state index contributed by atoms with van der Waals surface area (Å²) < 4.78 is 14.2. The van der Waals surface area contributed by atoms with Gasteiger partial charge in [-0.2, -0.15) is 0 Å². The molecule has 3 heterocycles. The Hall–Kier alpha value is -3.88. The van der Waals surface area contributed by atoms with Crippen molar-refractivity contribution in [2.24, 2.45) is 0 Å². The first-order chi connectivity index (χ1) is 19.5. The fourth-order valence-electron chi connectivity index (χ4n) is 5.83. The minimum atomic E-state index is -0.980. The van der Waals surface area contributed by atoms with Crippen LogP contribution in [0.3, 0.4) is 0 Å². The third-order valence-corrected chi connectivity index (χ3v) is 8.73. The number of fused-ring (bicyclic) bond motifs is 1. The van der Waals surface area contributed by atoms with E-state index in [1.165, 1.54) is 46.8 Å². The predicted molar refractivity (Wildman–Crippen MR) is 156 cm³/mol. The lowest BCUT2D eigenvalue weighted by Gasteiger charge is -2.35. The van der Waals surface area contributed by atoms with E-state index in [4.69, 9.17) is 0 Å². The zero-order valence-electron chi connectivity index (χ0n) is 22.3. The number of carbonyl (C=O) groups excluding carboxylic acids is 2. The van der Waals surface area contributed by atoms with Gasteiger partial charge in [0.05, 0.1) is 0 Å². The smallest absolute Gasteiger partial charge is 0.255 e. The van der Waals surface area contributed by atoms with Crippen molar-refractivity contribution in [1.29, 1.82) is 0 Å². The van der Waals surface area contributed by atoms with Crippen LogP contribution in [0.1, 0.15) is 51.8 Å². The van der Waals surface area contributed by atoms with Gasteiger partial charge >= 0.3 is 0 Å². The number of thiazole rings is 1. The highest BCUT2D eigenvalue weighted by molar-refractivity contribution is 7.13. The quantitative estimate of drug-likeness (QED) is 0.311. The van der Waals surface area contributed by atoms with Gasteiger partial charge in [-0.25, -0.2) is 9.37 Å². The van der Waals surface area contributed by atoms with Crippen LogP contribution in [0.25, 0.3) is 11.1 Å². The Morgan fingerprint density at radius 3 is 2.52 bits per heavy atom. The molecule has 2 amide bonds. The van der Waals surface area contributed by atoms with E-state index >= 15 is 0 Å². The summed E-state index contributed by atoms with van der Waals surface area (Å²) in [6.07, 6.45) is 4.57. The van der Waals surface area contributed by atoms with E-state index in [0.29, 0.717) is 35.1 Å². The molecule has 6 rings (SSSR count). The first kappa shape index (κ1) is 26.3. The number of halogens is 1. The summed E-state index contributed by atoms with van der Waals surface area (Å²) in [6, 6.07) is 19.6. The number of piperidine rings is 1. The van der Waals surface area contributed by atoms with Gasteiger partial charge < -0.3 is 9.80 Å². The van der Waals surface area contributed by atoms with Crippen LogP contribution in [0.5, 0.6) is 0 Å². The van der Waals surface area contributed by atoms with E-state index < -0.39 is 17.8 Å². The molecule has 1 saturated heterocycles. The molecule has 204 valence electrons. The van der Waals surface area contributed by atoms with Crippen LogP contribution in [0, 0.1) is 5.82 Å². The SMILES string of the molecule is CN1CCC(c2ccc(-c3ccc4c(c3)CCN(C(C(=O)Nc3nccs3)c3cccc(F)c3)C4=O)cc2)CC1. The number of nitrogens with zero attached hydrogens (tertiary/aromatic N) is 3. The van der Waals surface area contributed by atoms with Gasteiger partial charge in [-0.05, 0) is 91.3 Å². The number of aromatic nitrogens is 1. The Morgan fingerprint density at radius 2 is 1.80 bits per heavy atom. The Balaban J connectivity index is 1.24. The fraction of sp³-hybridized carbons (Fsp3) is 0.281. The summed E-state index contributed by atoms with van der Waals surface area (Å²) in [7, 11) is 2.18. The zero-order chi connectivity index (χ0) is 27.6. The number of rotatable bonds is 6. The highest BCUT2D eigenvalue weighted by atomic mass is 32.1. The summed E-state index contributed by atoms with van der Waals surface area (Å²) in [4.78, 5) is 35.2. The second kappa shape index (κ2) is 11.3. The fourth-order valence-corrected chi connectivity index (χ4v) is 6.36. The summed E-state index contributed by atoms with van der Waals surface area (Å²) in [5, 5.41) is 4.98. The van der Waals surface area contributed by atoms with Crippen molar-refractivity contribution in [3.8, 4) is 11.1 Å². The lowest BCUT2D eigenvalue weighted by molar-refractivity contribution is -0.120. The van der Waals surface area contributed by atoms with E-state index in [9.17, 15) is 14.0 Å². The van der Waals surface area contributed by atoms with Crippen molar-refractivity contribution in [1.82, 2.24) is 14.8 Å². The summed E-state index contributed by atoms with van der Waals surface area (Å²) >= 11 is 1.29. The Kier molecular flexibility index (Phi) is 7.45. The molecule has 1 fully saturated rings. The van der Waals surface area contributed by atoms with Gasteiger partial charge in [0.2, 0.25) is 0 Å². The van der Waals surface area contributed by atoms with Crippen LogP contribution in [-0.2, 0) is 11.2 Å². The average molecular weight is 555 g/mol. The lowest BCUT2D eigenvalue weighted by atomic mass is 9.88. The molecule has 0 aliphatic carbocycles. The van der Waals surface area contributed by atoms with Gasteiger partial charge in [-0.15, -0.1) is 11.3 Å². The molecule has 2 aliphatic rings. The Bertz CT molecular complexity index is 1510. The molecule has 1 aromatic heterocycles. The van der Waals surface area contributed by atoms with Crippen molar-refractivity contribution < 1.29 is 14.0 Å².